The van der Waals surface area contributed by atoms with Crippen molar-refractivity contribution < 1.29 is 17.3 Å². The van der Waals surface area contributed by atoms with E-state index in [2.05, 4.69) is 15.0 Å². The van der Waals surface area contributed by atoms with Gasteiger partial charge in [-0.25, -0.2) is 12.8 Å². The van der Waals surface area contributed by atoms with Gasteiger partial charge in [0.25, 0.3) is 15.6 Å². The molecular formula is C22H19FN4O4S. The van der Waals surface area contributed by atoms with Gasteiger partial charge in [0.2, 0.25) is 0 Å². The Kier molecular flexibility index (Phi) is 5.39. The molecule has 0 unspecified atom stereocenters. The summed E-state index contributed by atoms with van der Waals surface area (Å²) >= 11 is 0. The minimum Gasteiger partial charge on any atom is -0.359 e. The molecule has 10 heteroatoms. The van der Waals surface area contributed by atoms with Crippen molar-refractivity contribution in [2.45, 2.75) is 25.7 Å². The number of halogens is 1. The minimum atomic E-state index is -4.00. The molecule has 164 valence electrons. The second-order valence-electron chi connectivity index (χ2n) is 7.24. The first-order valence-corrected chi connectivity index (χ1v) is 11.1. The molecule has 4 aromatic rings. The van der Waals surface area contributed by atoms with Crippen molar-refractivity contribution in [2.24, 2.45) is 0 Å². The van der Waals surface area contributed by atoms with Crippen molar-refractivity contribution in [1.29, 1.82) is 0 Å². The molecule has 4 rings (SSSR count). The van der Waals surface area contributed by atoms with E-state index in [1.54, 1.807) is 32.9 Å². The standard InChI is InChI=1S/C22H19FN4O4S/c1-13-7-8-16(11-20(13)32(29,30)26-18-6-4-5-17(23)12-18)19-9-10-21(28)27(24-19)22-14(2)25-31-15(22)3/h4-12,26H,1-3H3. The Morgan fingerprint density at radius 2 is 1.81 bits per heavy atom. The van der Waals surface area contributed by atoms with Gasteiger partial charge < -0.3 is 4.52 Å². The molecule has 2 aromatic heterocycles. The Labute approximate surface area is 183 Å². The summed E-state index contributed by atoms with van der Waals surface area (Å²) in [5.74, 6) is -0.123. The Morgan fingerprint density at radius 3 is 2.50 bits per heavy atom. The largest absolute Gasteiger partial charge is 0.359 e. The van der Waals surface area contributed by atoms with Gasteiger partial charge in [-0.15, -0.1) is 0 Å². The number of sulfonamides is 1. The van der Waals surface area contributed by atoms with E-state index >= 15 is 0 Å². The molecule has 8 nitrogen and oxygen atoms in total. The lowest BCUT2D eigenvalue weighted by Crippen LogP contribution is -2.21. The molecule has 0 spiro atoms. The zero-order valence-electron chi connectivity index (χ0n) is 17.5. The molecule has 2 heterocycles. The number of rotatable bonds is 5. The fraction of sp³-hybridized carbons (Fsp3) is 0.136. The highest BCUT2D eigenvalue weighted by atomic mass is 32.2. The summed E-state index contributed by atoms with van der Waals surface area (Å²) in [6.45, 7) is 5.02. The molecule has 2 aromatic carbocycles. The third-order valence-corrected chi connectivity index (χ3v) is 6.38. The molecule has 0 bridgehead atoms. The maximum atomic E-state index is 13.5. The molecule has 0 saturated heterocycles. The normalized spacial score (nSPS) is 11.5. The molecule has 0 saturated carbocycles. The van der Waals surface area contributed by atoms with Gasteiger partial charge in [0.1, 0.15) is 17.2 Å². The number of aromatic nitrogens is 3. The first kappa shape index (κ1) is 21.4. The van der Waals surface area contributed by atoms with Gasteiger partial charge in [-0.1, -0.05) is 23.4 Å². The summed E-state index contributed by atoms with van der Waals surface area (Å²) in [5, 5.41) is 8.25. The minimum absolute atomic E-state index is 0.0103. The smallest absolute Gasteiger partial charge is 0.271 e. The summed E-state index contributed by atoms with van der Waals surface area (Å²) in [6.07, 6.45) is 0. The van der Waals surface area contributed by atoms with E-state index in [9.17, 15) is 17.6 Å². The van der Waals surface area contributed by atoms with Crippen LogP contribution < -0.4 is 10.3 Å². The zero-order chi connectivity index (χ0) is 23.0. The molecule has 1 N–H and O–H groups in total. The number of nitrogens with zero attached hydrogens (tertiary/aromatic N) is 3. The van der Waals surface area contributed by atoms with E-state index in [1.807, 2.05) is 0 Å². The second kappa shape index (κ2) is 8.04. The predicted molar refractivity (Wildman–Crippen MR) is 117 cm³/mol. The first-order valence-electron chi connectivity index (χ1n) is 9.59. The van der Waals surface area contributed by atoms with Crippen molar-refractivity contribution in [1.82, 2.24) is 14.9 Å². The quantitative estimate of drug-likeness (QED) is 0.492. The number of nitrogens with one attached hydrogen (secondary N) is 1. The number of hydrogen-bond donors (Lipinski definition) is 1. The molecule has 0 aliphatic rings. The lowest BCUT2D eigenvalue weighted by Gasteiger charge is -2.13. The summed E-state index contributed by atoms with van der Waals surface area (Å²) in [5.41, 5.74) is 2.03. The van der Waals surface area contributed by atoms with Crippen LogP contribution in [0.3, 0.4) is 0 Å². The van der Waals surface area contributed by atoms with Crippen LogP contribution in [-0.4, -0.2) is 23.4 Å². The average molecular weight is 454 g/mol. The Hall–Kier alpha value is -3.79. The van der Waals surface area contributed by atoms with Gasteiger partial charge in [-0.2, -0.15) is 9.78 Å². The van der Waals surface area contributed by atoms with E-state index in [0.29, 0.717) is 34.0 Å². The zero-order valence-corrected chi connectivity index (χ0v) is 18.3. The summed E-state index contributed by atoms with van der Waals surface area (Å²) in [7, 11) is -4.00. The van der Waals surface area contributed by atoms with Crippen LogP contribution in [0.4, 0.5) is 10.1 Å². The lowest BCUT2D eigenvalue weighted by atomic mass is 10.1. The number of anilines is 1. The van der Waals surface area contributed by atoms with Gasteiger partial charge in [0.05, 0.1) is 16.3 Å². The first-order chi connectivity index (χ1) is 15.2. The molecule has 0 radical (unpaired) electrons. The van der Waals surface area contributed by atoms with Crippen LogP contribution in [-0.2, 0) is 10.0 Å². The van der Waals surface area contributed by atoms with E-state index < -0.39 is 15.8 Å². The highest BCUT2D eigenvalue weighted by Crippen LogP contribution is 2.26. The summed E-state index contributed by atoms with van der Waals surface area (Å²) < 4.78 is 48.1. The fourth-order valence-electron chi connectivity index (χ4n) is 3.32. The van der Waals surface area contributed by atoms with Crippen LogP contribution in [0.2, 0.25) is 0 Å². The van der Waals surface area contributed by atoms with Gasteiger partial charge in [-0.3, -0.25) is 9.52 Å². The SMILES string of the molecule is Cc1ccc(-c2ccc(=O)n(-c3c(C)noc3C)n2)cc1S(=O)(=O)Nc1cccc(F)c1. The van der Waals surface area contributed by atoms with Gasteiger partial charge >= 0.3 is 0 Å². The molecule has 32 heavy (non-hydrogen) atoms. The van der Waals surface area contributed by atoms with Crippen molar-refractivity contribution in [2.75, 3.05) is 4.72 Å². The molecule has 0 aliphatic heterocycles. The Morgan fingerprint density at radius 1 is 1.03 bits per heavy atom. The maximum Gasteiger partial charge on any atom is 0.271 e. The monoisotopic (exact) mass is 454 g/mol. The molecule has 0 aliphatic carbocycles. The predicted octanol–water partition coefficient (Wildman–Crippen LogP) is 3.75. The van der Waals surface area contributed by atoms with Crippen LogP contribution in [0.15, 0.2) is 68.8 Å². The fourth-order valence-corrected chi connectivity index (χ4v) is 4.64. The average Bonchev–Trinajstić information content (AvgIpc) is 3.06. The van der Waals surface area contributed by atoms with Gasteiger partial charge in [-0.05, 0) is 56.7 Å². The van der Waals surface area contributed by atoms with Crippen molar-refractivity contribution >= 4 is 15.7 Å². The Balaban J connectivity index is 1.78. The van der Waals surface area contributed by atoms with E-state index in [0.717, 1.165) is 6.07 Å². The third kappa shape index (κ3) is 4.04. The van der Waals surface area contributed by atoms with Crippen molar-refractivity contribution in [3.63, 3.8) is 0 Å². The van der Waals surface area contributed by atoms with Crippen molar-refractivity contribution in [3.05, 3.63) is 87.8 Å². The van der Waals surface area contributed by atoms with Gasteiger partial charge in [0.15, 0.2) is 5.76 Å². The summed E-state index contributed by atoms with van der Waals surface area (Å²) in [4.78, 5) is 12.4. The van der Waals surface area contributed by atoms with Crippen molar-refractivity contribution in [3.8, 4) is 16.9 Å². The number of benzene rings is 2. The van der Waals surface area contributed by atoms with E-state index in [4.69, 9.17) is 4.52 Å². The second-order valence-corrected chi connectivity index (χ2v) is 8.89. The van der Waals surface area contributed by atoms with Gasteiger partial charge in [0, 0.05) is 11.6 Å². The third-order valence-electron chi connectivity index (χ3n) is 4.86. The number of hydrogen-bond acceptors (Lipinski definition) is 6. The topological polar surface area (TPSA) is 107 Å². The van der Waals surface area contributed by atoms with Crippen LogP contribution in [0.5, 0.6) is 0 Å². The lowest BCUT2D eigenvalue weighted by molar-refractivity contribution is 0.392. The highest BCUT2D eigenvalue weighted by Gasteiger charge is 2.20. The molecule has 0 atom stereocenters. The Bertz CT molecular complexity index is 1470. The van der Waals surface area contributed by atoms with E-state index in [-0.39, 0.29) is 16.1 Å². The van der Waals surface area contributed by atoms with Crippen LogP contribution in [0.1, 0.15) is 17.0 Å². The molecule has 0 amide bonds. The molecule has 0 fully saturated rings. The van der Waals surface area contributed by atoms with E-state index in [1.165, 1.54) is 41.1 Å². The van der Waals surface area contributed by atoms with Crippen LogP contribution in [0, 0.1) is 26.6 Å². The highest BCUT2D eigenvalue weighted by molar-refractivity contribution is 7.92. The maximum absolute atomic E-state index is 13.5. The van der Waals surface area contributed by atoms with Crippen LogP contribution in [0.25, 0.3) is 16.9 Å². The van der Waals surface area contributed by atoms with Crippen LogP contribution >= 0.6 is 0 Å². The summed E-state index contributed by atoms with van der Waals surface area (Å²) in [6, 6.07) is 12.9. The molecular weight excluding hydrogens is 435 g/mol. The number of aryl methyl sites for hydroxylation is 3.